The van der Waals surface area contributed by atoms with Crippen molar-refractivity contribution in [1.82, 2.24) is 4.31 Å². The summed E-state index contributed by atoms with van der Waals surface area (Å²) < 4.78 is 24.7. The summed E-state index contributed by atoms with van der Waals surface area (Å²) in [7, 11) is -3.05. The minimum absolute atomic E-state index is 0. The first-order chi connectivity index (χ1) is 10.4. The number of aryl methyl sites for hydroxylation is 1. The third-order valence-corrected chi connectivity index (χ3v) is 5.65. The fourth-order valence-electron chi connectivity index (χ4n) is 2.29. The monoisotopic (exact) mass is 452 g/mol. The Balaban J connectivity index is 0.00000264. The van der Waals surface area contributed by atoms with E-state index in [1.54, 1.807) is 6.92 Å². The van der Waals surface area contributed by atoms with Gasteiger partial charge in [0.15, 0.2) is 5.96 Å². The molecule has 23 heavy (non-hydrogen) atoms. The highest BCUT2D eigenvalue weighted by Gasteiger charge is 2.34. The molecule has 130 valence electrons. The van der Waals surface area contributed by atoms with E-state index in [-0.39, 0.29) is 35.6 Å². The maximum Gasteiger partial charge on any atom is 0.213 e. The summed E-state index contributed by atoms with van der Waals surface area (Å²) >= 11 is 0. The third kappa shape index (κ3) is 5.61. The van der Waals surface area contributed by atoms with Crippen molar-refractivity contribution in [1.29, 1.82) is 0 Å². The van der Waals surface area contributed by atoms with E-state index in [1.807, 2.05) is 12.1 Å². The fraction of sp³-hybridized carbons (Fsp3) is 0.533. The highest BCUT2D eigenvalue weighted by atomic mass is 127. The molecule has 0 aromatic heterocycles. The van der Waals surface area contributed by atoms with Gasteiger partial charge in [0, 0.05) is 31.2 Å². The molecule has 0 saturated carbocycles. The van der Waals surface area contributed by atoms with Gasteiger partial charge in [-0.2, -0.15) is 0 Å². The lowest BCUT2D eigenvalue weighted by molar-refractivity contribution is 0.208. The Morgan fingerprint density at radius 2 is 1.91 bits per heavy atom. The second-order valence-corrected chi connectivity index (χ2v) is 7.74. The summed E-state index contributed by atoms with van der Waals surface area (Å²) in [5.41, 5.74) is 8.03. The quantitative estimate of drug-likeness (QED) is 0.392. The van der Waals surface area contributed by atoms with Crippen molar-refractivity contribution in [3.05, 3.63) is 29.8 Å². The van der Waals surface area contributed by atoms with Crippen LogP contribution in [0.3, 0.4) is 0 Å². The molecule has 0 amide bonds. The number of aliphatic imine (C=N–C) groups is 1. The van der Waals surface area contributed by atoms with Crippen LogP contribution in [0.5, 0.6) is 0 Å². The average molecular weight is 452 g/mol. The fourth-order valence-corrected chi connectivity index (χ4v) is 3.53. The van der Waals surface area contributed by atoms with Gasteiger partial charge in [-0.3, -0.25) is 4.99 Å². The van der Waals surface area contributed by atoms with E-state index in [4.69, 9.17) is 5.73 Å². The zero-order chi connectivity index (χ0) is 16.2. The van der Waals surface area contributed by atoms with Gasteiger partial charge in [-0.1, -0.05) is 19.1 Å². The second-order valence-electron chi connectivity index (χ2n) is 5.48. The molecule has 3 N–H and O–H groups in total. The van der Waals surface area contributed by atoms with E-state index in [1.165, 1.54) is 9.87 Å². The molecular weight excluding hydrogens is 427 g/mol. The van der Waals surface area contributed by atoms with Crippen LogP contribution in [0, 0.1) is 5.92 Å². The van der Waals surface area contributed by atoms with Gasteiger partial charge in [0.25, 0.3) is 0 Å². The van der Waals surface area contributed by atoms with Crippen LogP contribution in [0.1, 0.15) is 19.4 Å². The van der Waals surface area contributed by atoms with E-state index in [0.717, 1.165) is 12.1 Å². The third-order valence-electron chi connectivity index (χ3n) is 3.84. The van der Waals surface area contributed by atoms with Crippen LogP contribution in [0.4, 0.5) is 5.69 Å². The first-order valence-electron chi connectivity index (χ1n) is 7.58. The van der Waals surface area contributed by atoms with Crippen molar-refractivity contribution in [2.24, 2.45) is 16.6 Å². The summed E-state index contributed by atoms with van der Waals surface area (Å²) in [4.78, 5) is 4.29. The van der Waals surface area contributed by atoms with E-state index >= 15 is 0 Å². The molecule has 1 aromatic carbocycles. The highest BCUT2D eigenvalue weighted by molar-refractivity contribution is 14.0. The van der Waals surface area contributed by atoms with Crippen LogP contribution in [-0.4, -0.2) is 44.1 Å². The van der Waals surface area contributed by atoms with Gasteiger partial charge in [0.1, 0.15) is 0 Å². The lowest BCUT2D eigenvalue weighted by Gasteiger charge is -2.37. The Morgan fingerprint density at radius 3 is 2.43 bits per heavy atom. The summed E-state index contributed by atoms with van der Waals surface area (Å²) in [5, 5.41) is 3.05. The summed E-state index contributed by atoms with van der Waals surface area (Å²) in [6, 6.07) is 8.05. The molecular formula is C15H25IN4O2S. The van der Waals surface area contributed by atoms with E-state index < -0.39 is 10.0 Å². The molecule has 8 heteroatoms. The molecule has 1 aliphatic heterocycles. The average Bonchev–Trinajstić information content (AvgIpc) is 2.46. The lowest BCUT2D eigenvalue weighted by Crippen LogP contribution is -2.51. The topological polar surface area (TPSA) is 87.8 Å². The second kappa shape index (κ2) is 8.84. The maximum absolute atomic E-state index is 11.6. The maximum atomic E-state index is 11.6. The smallest absolute Gasteiger partial charge is 0.213 e. The minimum Gasteiger partial charge on any atom is -0.370 e. The molecule has 1 fully saturated rings. The molecule has 1 saturated heterocycles. The number of halogens is 1. The van der Waals surface area contributed by atoms with E-state index in [9.17, 15) is 8.42 Å². The van der Waals surface area contributed by atoms with Crippen molar-refractivity contribution in [3.63, 3.8) is 0 Å². The zero-order valence-corrected chi connectivity index (χ0v) is 16.7. The van der Waals surface area contributed by atoms with Crippen LogP contribution in [0.15, 0.2) is 29.3 Å². The number of benzene rings is 1. The number of nitrogens with zero attached hydrogens (tertiary/aromatic N) is 2. The van der Waals surface area contributed by atoms with Crippen LogP contribution < -0.4 is 11.1 Å². The summed E-state index contributed by atoms with van der Waals surface area (Å²) in [6.45, 7) is 5.39. The molecule has 1 aromatic rings. The van der Waals surface area contributed by atoms with Crippen LogP contribution >= 0.6 is 24.0 Å². The van der Waals surface area contributed by atoms with Crippen molar-refractivity contribution in [2.75, 3.05) is 30.7 Å². The number of nitrogens with two attached hydrogens (primary N) is 1. The molecule has 0 aliphatic carbocycles. The SMILES string of the molecule is CCc1ccc(NC(N)=NCC2CN(S(=O)(=O)CC)C2)cc1.I. The van der Waals surface area contributed by atoms with Gasteiger partial charge in [-0.05, 0) is 31.0 Å². The van der Waals surface area contributed by atoms with E-state index in [2.05, 4.69) is 29.4 Å². The first-order valence-corrected chi connectivity index (χ1v) is 9.19. The first kappa shape index (κ1) is 20.2. The van der Waals surface area contributed by atoms with Crippen molar-refractivity contribution >= 4 is 45.6 Å². The molecule has 0 spiro atoms. The van der Waals surface area contributed by atoms with Gasteiger partial charge in [0.2, 0.25) is 10.0 Å². The zero-order valence-electron chi connectivity index (χ0n) is 13.5. The Kier molecular flexibility index (Phi) is 7.75. The van der Waals surface area contributed by atoms with Crippen molar-refractivity contribution in [3.8, 4) is 0 Å². The highest BCUT2D eigenvalue weighted by Crippen LogP contribution is 2.20. The predicted molar refractivity (Wildman–Crippen MR) is 106 cm³/mol. The molecule has 0 unspecified atom stereocenters. The van der Waals surface area contributed by atoms with Gasteiger partial charge in [-0.15, -0.1) is 24.0 Å². The van der Waals surface area contributed by atoms with Gasteiger partial charge >= 0.3 is 0 Å². The Bertz CT molecular complexity index is 625. The van der Waals surface area contributed by atoms with Crippen LogP contribution in [0.25, 0.3) is 0 Å². The number of rotatable bonds is 6. The Hall–Kier alpha value is -0.870. The normalized spacial score (nSPS) is 16.5. The largest absolute Gasteiger partial charge is 0.370 e. The van der Waals surface area contributed by atoms with Crippen LogP contribution in [-0.2, 0) is 16.4 Å². The van der Waals surface area contributed by atoms with Gasteiger partial charge in [-0.25, -0.2) is 12.7 Å². The molecule has 1 heterocycles. The summed E-state index contributed by atoms with van der Waals surface area (Å²) in [5.74, 6) is 0.769. The van der Waals surface area contributed by atoms with Gasteiger partial charge in [0.05, 0.1) is 5.75 Å². The number of guanidine groups is 1. The Labute approximate surface area is 155 Å². The van der Waals surface area contributed by atoms with Crippen molar-refractivity contribution in [2.45, 2.75) is 20.3 Å². The van der Waals surface area contributed by atoms with E-state index in [0.29, 0.717) is 25.6 Å². The van der Waals surface area contributed by atoms with Crippen molar-refractivity contribution < 1.29 is 8.42 Å². The standard InChI is InChI=1S/C15H24N4O2S.HI/c1-3-12-5-7-14(8-6-12)18-15(16)17-9-13-10-19(11-13)22(20,21)4-2;/h5-8,13H,3-4,9-11H2,1-2H3,(H3,16,17,18);1H. The minimum atomic E-state index is -3.05. The predicted octanol–water partition coefficient (Wildman–Crippen LogP) is 1.88. The molecule has 2 rings (SSSR count). The molecule has 0 bridgehead atoms. The number of anilines is 1. The molecule has 0 radical (unpaired) electrons. The lowest BCUT2D eigenvalue weighted by atomic mass is 10.0. The molecule has 1 aliphatic rings. The molecule has 0 atom stereocenters. The number of sulfonamides is 1. The number of hydrogen-bond donors (Lipinski definition) is 2. The van der Waals surface area contributed by atoms with Crippen LogP contribution in [0.2, 0.25) is 0 Å². The van der Waals surface area contributed by atoms with Gasteiger partial charge < -0.3 is 11.1 Å². The Morgan fingerprint density at radius 1 is 1.30 bits per heavy atom. The number of nitrogens with one attached hydrogen (secondary N) is 1. The number of hydrogen-bond acceptors (Lipinski definition) is 3. The molecule has 6 nitrogen and oxygen atoms in total. The summed E-state index contributed by atoms with van der Waals surface area (Å²) in [6.07, 6.45) is 1.00.